The predicted octanol–water partition coefficient (Wildman–Crippen LogP) is 3.55. The fourth-order valence-electron chi connectivity index (χ4n) is 1.90. The first-order valence-electron chi connectivity index (χ1n) is 5.99. The molecule has 0 saturated carbocycles. The number of aromatic hydroxyl groups is 1. The van der Waals surface area contributed by atoms with Crippen LogP contribution in [0.2, 0.25) is 0 Å². The molecule has 0 spiro atoms. The molecular formula is C14H12FN3OS. The molecule has 0 unspecified atom stereocenters. The van der Waals surface area contributed by atoms with Crippen molar-refractivity contribution >= 4 is 29.3 Å². The number of anilines is 1. The van der Waals surface area contributed by atoms with Crippen LogP contribution in [-0.4, -0.2) is 11.1 Å². The minimum atomic E-state index is -0.485. The minimum absolute atomic E-state index is 0.169. The van der Waals surface area contributed by atoms with Crippen LogP contribution in [0.4, 0.5) is 15.8 Å². The predicted molar refractivity (Wildman–Crippen MR) is 79.0 cm³/mol. The number of nitrogens with one attached hydrogen (secondary N) is 2. The molecule has 0 radical (unpaired) electrons. The molecule has 2 aromatic carbocycles. The van der Waals surface area contributed by atoms with Gasteiger partial charge in [-0.15, -0.1) is 0 Å². The van der Waals surface area contributed by atoms with Crippen molar-refractivity contribution in [2.45, 2.75) is 11.8 Å². The lowest BCUT2D eigenvalue weighted by atomic mass is 10.2. The maximum Gasteiger partial charge on any atom is 0.211 e. The van der Waals surface area contributed by atoms with E-state index < -0.39 is 5.82 Å². The van der Waals surface area contributed by atoms with Crippen molar-refractivity contribution in [1.82, 2.24) is 4.72 Å². The standard InChI is InChI=1S/C14H12FN3OS/c1-8-3-2-4-10(5-8)16-14-17-13-11(19)6-9(15)7-12(13)20-18-14/h2-7,19H,1H3,(H2,16,17,18). The van der Waals surface area contributed by atoms with Gasteiger partial charge in [0.05, 0.1) is 4.90 Å². The molecule has 0 bridgehead atoms. The highest BCUT2D eigenvalue weighted by Gasteiger charge is 2.17. The Morgan fingerprint density at radius 2 is 2.15 bits per heavy atom. The lowest BCUT2D eigenvalue weighted by Gasteiger charge is -2.18. The van der Waals surface area contributed by atoms with Gasteiger partial charge in [-0.05, 0) is 42.6 Å². The number of phenols is 1. The summed E-state index contributed by atoms with van der Waals surface area (Å²) in [6, 6.07) is 10.2. The maximum absolute atomic E-state index is 13.2. The first kappa shape index (κ1) is 12.8. The van der Waals surface area contributed by atoms with Crippen molar-refractivity contribution < 1.29 is 9.50 Å². The lowest BCUT2D eigenvalue weighted by Crippen LogP contribution is -2.26. The van der Waals surface area contributed by atoms with E-state index in [9.17, 15) is 9.50 Å². The molecule has 20 heavy (non-hydrogen) atoms. The van der Waals surface area contributed by atoms with Crippen molar-refractivity contribution in [2.24, 2.45) is 4.99 Å². The zero-order valence-electron chi connectivity index (χ0n) is 10.6. The lowest BCUT2D eigenvalue weighted by molar-refractivity contribution is 0.468. The van der Waals surface area contributed by atoms with Gasteiger partial charge >= 0.3 is 0 Å². The van der Waals surface area contributed by atoms with Crippen molar-refractivity contribution in [3.8, 4) is 5.75 Å². The molecule has 102 valence electrons. The van der Waals surface area contributed by atoms with Crippen LogP contribution in [0.15, 0.2) is 46.3 Å². The van der Waals surface area contributed by atoms with Gasteiger partial charge in [0.25, 0.3) is 0 Å². The Hall–Kier alpha value is -2.21. The van der Waals surface area contributed by atoms with Gasteiger partial charge in [0, 0.05) is 11.8 Å². The van der Waals surface area contributed by atoms with Crippen LogP contribution in [0.25, 0.3) is 0 Å². The Morgan fingerprint density at radius 1 is 1.30 bits per heavy atom. The number of guanidine groups is 1. The van der Waals surface area contributed by atoms with Crippen LogP contribution < -0.4 is 10.0 Å². The molecule has 0 aliphatic carbocycles. The minimum Gasteiger partial charge on any atom is -0.506 e. The summed E-state index contributed by atoms with van der Waals surface area (Å²) in [6.07, 6.45) is 0. The normalized spacial score (nSPS) is 13.2. The molecule has 0 fully saturated rings. The number of fused-ring (bicyclic) bond motifs is 1. The fourth-order valence-corrected chi connectivity index (χ4v) is 2.62. The third-order valence-electron chi connectivity index (χ3n) is 2.78. The molecule has 0 aromatic heterocycles. The number of hydrogen-bond donors (Lipinski definition) is 3. The third-order valence-corrected chi connectivity index (χ3v) is 3.61. The molecule has 1 aliphatic heterocycles. The monoisotopic (exact) mass is 289 g/mol. The summed E-state index contributed by atoms with van der Waals surface area (Å²) >= 11 is 1.21. The van der Waals surface area contributed by atoms with Gasteiger partial charge in [0.15, 0.2) is 0 Å². The van der Waals surface area contributed by atoms with Crippen LogP contribution in [0.5, 0.6) is 5.75 Å². The second kappa shape index (κ2) is 5.05. The van der Waals surface area contributed by atoms with E-state index in [1.165, 1.54) is 18.0 Å². The van der Waals surface area contributed by atoms with Crippen LogP contribution in [0.3, 0.4) is 0 Å². The number of halogens is 1. The van der Waals surface area contributed by atoms with E-state index in [4.69, 9.17) is 0 Å². The maximum atomic E-state index is 13.2. The first-order chi connectivity index (χ1) is 9.61. The molecule has 3 N–H and O–H groups in total. The first-order valence-corrected chi connectivity index (χ1v) is 6.81. The smallest absolute Gasteiger partial charge is 0.211 e. The van der Waals surface area contributed by atoms with Gasteiger partial charge < -0.3 is 10.4 Å². The van der Waals surface area contributed by atoms with E-state index in [0.717, 1.165) is 17.3 Å². The van der Waals surface area contributed by atoms with Crippen LogP contribution in [0.1, 0.15) is 5.56 Å². The highest BCUT2D eigenvalue weighted by atomic mass is 32.2. The summed E-state index contributed by atoms with van der Waals surface area (Å²) in [6.45, 7) is 2.00. The second-order valence-electron chi connectivity index (χ2n) is 4.43. The number of phenolic OH excluding ortho intramolecular Hbond substituents is 1. The molecule has 2 aromatic rings. The van der Waals surface area contributed by atoms with E-state index in [0.29, 0.717) is 16.5 Å². The molecule has 0 atom stereocenters. The number of aryl methyl sites for hydroxylation is 1. The topological polar surface area (TPSA) is 56.7 Å². The van der Waals surface area contributed by atoms with Crippen LogP contribution >= 0.6 is 11.9 Å². The Morgan fingerprint density at radius 3 is 2.95 bits per heavy atom. The molecule has 0 amide bonds. The number of rotatable bonds is 1. The van der Waals surface area contributed by atoms with E-state index in [1.54, 1.807) is 0 Å². The molecule has 4 nitrogen and oxygen atoms in total. The SMILES string of the molecule is Cc1cccc(NC2=Nc3c(O)cc(F)cc3SN2)c1. The zero-order chi connectivity index (χ0) is 14.1. The number of aliphatic imine (C=N–C) groups is 1. The van der Waals surface area contributed by atoms with E-state index in [2.05, 4.69) is 15.0 Å². The Kier molecular flexibility index (Phi) is 3.23. The highest BCUT2D eigenvalue weighted by Crippen LogP contribution is 2.39. The Labute approximate surface area is 119 Å². The van der Waals surface area contributed by atoms with Crippen LogP contribution in [0, 0.1) is 12.7 Å². The molecule has 1 heterocycles. The van der Waals surface area contributed by atoms with Crippen molar-refractivity contribution in [3.05, 3.63) is 47.8 Å². The van der Waals surface area contributed by atoms with Gasteiger partial charge in [0.2, 0.25) is 5.96 Å². The molecule has 3 rings (SSSR count). The quantitative estimate of drug-likeness (QED) is 0.703. The van der Waals surface area contributed by atoms with Crippen molar-refractivity contribution in [3.63, 3.8) is 0 Å². The molecule has 0 saturated heterocycles. The van der Waals surface area contributed by atoms with Crippen molar-refractivity contribution in [1.29, 1.82) is 0 Å². The zero-order valence-corrected chi connectivity index (χ0v) is 11.5. The summed E-state index contributed by atoms with van der Waals surface area (Å²) in [5, 5.41) is 12.9. The number of nitrogens with zero attached hydrogens (tertiary/aromatic N) is 1. The van der Waals surface area contributed by atoms with Crippen LogP contribution in [-0.2, 0) is 0 Å². The summed E-state index contributed by atoms with van der Waals surface area (Å²) in [7, 11) is 0. The Bertz CT molecular complexity index is 703. The van der Waals surface area contributed by atoms with Gasteiger partial charge in [-0.1, -0.05) is 12.1 Å². The van der Waals surface area contributed by atoms with Crippen molar-refractivity contribution in [2.75, 3.05) is 5.32 Å². The number of hydrogen-bond acceptors (Lipinski definition) is 5. The summed E-state index contributed by atoms with van der Waals surface area (Å²) in [5.41, 5.74) is 2.39. The largest absolute Gasteiger partial charge is 0.506 e. The highest BCUT2D eigenvalue weighted by molar-refractivity contribution is 7.98. The van der Waals surface area contributed by atoms with E-state index >= 15 is 0 Å². The van der Waals surface area contributed by atoms with E-state index in [1.807, 2.05) is 31.2 Å². The van der Waals surface area contributed by atoms with Gasteiger partial charge in [-0.25, -0.2) is 9.38 Å². The van der Waals surface area contributed by atoms with Gasteiger partial charge in [0.1, 0.15) is 17.3 Å². The van der Waals surface area contributed by atoms with Gasteiger partial charge in [-0.2, -0.15) is 0 Å². The number of benzene rings is 2. The molecule has 1 aliphatic rings. The summed E-state index contributed by atoms with van der Waals surface area (Å²) in [5.74, 6) is -0.159. The Balaban J connectivity index is 1.91. The molecular weight excluding hydrogens is 277 g/mol. The second-order valence-corrected chi connectivity index (χ2v) is 5.28. The third kappa shape index (κ3) is 2.55. The molecule has 6 heteroatoms. The summed E-state index contributed by atoms with van der Waals surface area (Å²) in [4.78, 5) is 4.82. The average molecular weight is 289 g/mol. The van der Waals surface area contributed by atoms with E-state index in [-0.39, 0.29) is 5.75 Å². The summed E-state index contributed by atoms with van der Waals surface area (Å²) < 4.78 is 16.2. The average Bonchev–Trinajstić information content (AvgIpc) is 2.39. The fraction of sp³-hybridized carbons (Fsp3) is 0.0714. The van der Waals surface area contributed by atoms with Gasteiger partial charge in [-0.3, -0.25) is 4.72 Å².